The summed E-state index contributed by atoms with van der Waals surface area (Å²) in [6, 6.07) is 36.3. The van der Waals surface area contributed by atoms with E-state index in [1.165, 1.54) is 0 Å². The maximum absolute atomic E-state index is 14.8. The summed E-state index contributed by atoms with van der Waals surface area (Å²) < 4.78 is 0. The third-order valence-corrected chi connectivity index (χ3v) is 8.56. The van der Waals surface area contributed by atoms with Crippen LogP contribution in [0.2, 0.25) is 0 Å². The molecule has 38 heavy (non-hydrogen) atoms. The van der Waals surface area contributed by atoms with Crippen LogP contribution in [0.3, 0.4) is 0 Å². The lowest BCUT2D eigenvalue weighted by Crippen LogP contribution is -2.59. The zero-order chi connectivity index (χ0) is 25.7. The second-order valence-electron chi connectivity index (χ2n) is 10.4. The van der Waals surface area contributed by atoms with E-state index in [0.717, 1.165) is 40.0 Å². The number of carbonyl (C=O) groups is 2. The Labute approximate surface area is 222 Å². The SMILES string of the molecule is O=C1N(Cc2ccccc2)c2ccccc2[C@]12CCC=C[C@]21C(=O)N(Cc2ccccc2)c2ccccc21. The molecule has 4 nitrogen and oxygen atoms in total. The normalized spacial score (nSPS) is 23.4. The molecule has 0 aromatic heterocycles. The molecule has 0 fully saturated rings. The Morgan fingerprint density at radius 2 is 1.08 bits per heavy atom. The molecule has 0 saturated heterocycles. The van der Waals surface area contributed by atoms with Crippen molar-refractivity contribution in [3.63, 3.8) is 0 Å². The summed E-state index contributed by atoms with van der Waals surface area (Å²) in [6.07, 6.45) is 5.48. The van der Waals surface area contributed by atoms with E-state index in [4.69, 9.17) is 0 Å². The van der Waals surface area contributed by atoms with Gasteiger partial charge in [0.15, 0.2) is 0 Å². The first-order valence-corrected chi connectivity index (χ1v) is 13.3. The molecule has 2 amide bonds. The van der Waals surface area contributed by atoms with E-state index in [-0.39, 0.29) is 11.8 Å². The Balaban J connectivity index is 1.43. The van der Waals surface area contributed by atoms with Gasteiger partial charge in [-0.1, -0.05) is 109 Å². The minimum Gasteiger partial charge on any atom is -0.307 e. The highest BCUT2D eigenvalue weighted by molar-refractivity contribution is 6.20. The molecule has 0 radical (unpaired) electrons. The van der Waals surface area contributed by atoms with Gasteiger partial charge in [0.1, 0.15) is 5.41 Å². The Hall–Kier alpha value is -4.44. The van der Waals surface area contributed by atoms with Crippen molar-refractivity contribution >= 4 is 23.2 Å². The smallest absolute Gasteiger partial charge is 0.243 e. The summed E-state index contributed by atoms with van der Waals surface area (Å²) in [5.41, 5.74) is 3.68. The van der Waals surface area contributed by atoms with Crippen molar-refractivity contribution in [3.8, 4) is 0 Å². The van der Waals surface area contributed by atoms with Crippen molar-refractivity contribution in [2.24, 2.45) is 0 Å². The summed E-state index contributed by atoms with van der Waals surface area (Å²) in [6.45, 7) is 0.938. The van der Waals surface area contributed by atoms with Gasteiger partial charge >= 0.3 is 0 Å². The fourth-order valence-electron chi connectivity index (χ4n) is 6.95. The second-order valence-corrected chi connectivity index (χ2v) is 10.4. The molecular formula is C34H28N2O2. The van der Waals surface area contributed by atoms with Crippen LogP contribution in [0.1, 0.15) is 35.1 Å². The summed E-state index contributed by atoms with van der Waals surface area (Å²) in [5, 5.41) is 0. The van der Waals surface area contributed by atoms with Crippen LogP contribution in [-0.4, -0.2) is 11.8 Å². The van der Waals surface area contributed by atoms with Gasteiger partial charge in [-0.2, -0.15) is 0 Å². The number of fused-ring (bicyclic) bond motifs is 5. The van der Waals surface area contributed by atoms with Crippen LogP contribution in [0.25, 0.3) is 0 Å². The van der Waals surface area contributed by atoms with Crippen LogP contribution in [-0.2, 0) is 33.5 Å². The van der Waals surface area contributed by atoms with Crippen LogP contribution < -0.4 is 9.80 Å². The molecule has 2 aliphatic heterocycles. The predicted octanol–water partition coefficient (Wildman–Crippen LogP) is 6.31. The topological polar surface area (TPSA) is 40.6 Å². The molecule has 4 aromatic carbocycles. The van der Waals surface area contributed by atoms with E-state index < -0.39 is 10.8 Å². The molecule has 0 saturated carbocycles. The van der Waals surface area contributed by atoms with E-state index in [1.807, 2.05) is 107 Å². The van der Waals surface area contributed by atoms with Crippen molar-refractivity contribution in [2.75, 3.05) is 9.80 Å². The van der Waals surface area contributed by atoms with Gasteiger partial charge in [-0.3, -0.25) is 9.59 Å². The number of nitrogens with zero attached hydrogens (tertiary/aromatic N) is 2. The second kappa shape index (κ2) is 8.56. The number of rotatable bonds is 4. The van der Waals surface area contributed by atoms with E-state index in [9.17, 15) is 9.59 Å². The highest BCUT2D eigenvalue weighted by Crippen LogP contribution is 2.62. The lowest BCUT2D eigenvalue weighted by Gasteiger charge is -2.45. The van der Waals surface area contributed by atoms with E-state index in [2.05, 4.69) is 24.3 Å². The van der Waals surface area contributed by atoms with Crippen LogP contribution in [0.4, 0.5) is 11.4 Å². The van der Waals surface area contributed by atoms with Crippen molar-refractivity contribution in [3.05, 3.63) is 144 Å². The minimum atomic E-state index is -1.10. The molecule has 2 heterocycles. The molecule has 2 atom stereocenters. The largest absolute Gasteiger partial charge is 0.307 e. The highest BCUT2D eigenvalue weighted by atomic mass is 16.2. The number of benzene rings is 4. The molecule has 1 aliphatic carbocycles. The van der Waals surface area contributed by atoms with Crippen LogP contribution in [0.15, 0.2) is 121 Å². The van der Waals surface area contributed by atoms with Gasteiger partial charge in [-0.15, -0.1) is 0 Å². The van der Waals surface area contributed by atoms with Crippen molar-refractivity contribution in [2.45, 2.75) is 36.8 Å². The molecule has 4 heteroatoms. The first-order chi connectivity index (χ1) is 18.7. The fourth-order valence-corrected chi connectivity index (χ4v) is 6.95. The molecule has 0 unspecified atom stereocenters. The van der Waals surface area contributed by atoms with Crippen LogP contribution >= 0.6 is 0 Å². The Morgan fingerprint density at radius 3 is 1.71 bits per heavy atom. The van der Waals surface area contributed by atoms with Crippen LogP contribution in [0, 0.1) is 0 Å². The van der Waals surface area contributed by atoms with E-state index >= 15 is 0 Å². The van der Waals surface area contributed by atoms with Gasteiger partial charge in [-0.25, -0.2) is 0 Å². The molecule has 2 spiro atoms. The van der Waals surface area contributed by atoms with Gasteiger partial charge in [0.05, 0.1) is 18.5 Å². The quantitative estimate of drug-likeness (QED) is 0.311. The fraction of sp³-hybridized carbons (Fsp3) is 0.176. The van der Waals surface area contributed by atoms with Crippen LogP contribution in [0.5, 0.6) is 0 Å². The number of hydrogen-bond donors (Lipinski definition) is 0. The molecule has 0 N–H and O–H groups in total. The molecule has 7 rings (SSSR count). The Kier molecular flexibility index (Phi) is 5.12. The first-order valence-electron chi connectivity index (χ1n) is 13.3. The van der Waals surface area contributed by atoms with Gasteiger partial charge in [0.2, 0.25) is 11.8 Å². The lowest BCUT2D eigenvalue weighted by molar-refractivity contribution is -0.133. The summed E-state index contributed by atoms with van der Waals surface area (Å²) in [4.78, 5) is 33.5. The lowest BCUT2D eigenvalue weighted by atomic mass is 9.53. The molecular weight excluding hydrogens is 468 g/mol. The molecule has 186 valence electrons. The van der Waals surface area contributed by atoms with E-state index in [1.54, 1.807) is 0 Å². The summed E-state index contributed by atoms with van der Waals surface area (Å²) in [5.74, 6) is -0.0140. The Morgan fingerprint density at radius 1 is 0.579 bits per heavy atom. The van der Waals surface area contributed by atoms with Gasteiger partial charge in [0, 0.05) is 11.4 Å². The number of anilines is 2. The number of carbonyl (C=O) groups excluding carboxylic acids is 2. The van der Waals surface area contributed by atoms with Gasteiger partial charge in [-0.05, 0) is 47.2 Å². The monoisotopic (exact) mass is 496 g/mol. The molecule has 0 bridgehead atoms. The van der Waals surface area contributed by atoms with Crippen molar-refractivity contribution in [1.82, 2.24) is 0 Å². The maximum Gasteiger partial charge on any atom is 0.243 e. The summed E-state index contributed by atoms with van der Waals surface area (Å²) >= 11 is 0. The Bertz CT molecular complexity index is 1580. The number of allylic oxidation sites excluding steroid dienone is 1. The average Bonchev–Trinajstić information content (AvgIpc) is 3.34. The zero-order valence-corrected chi connectivity index (χ0v) is 21.1. The average molecular weight is 497 g/mol. The third kappa shape index (κ3) is 2.97. The standard InChI is InChI=1S/C34H28N2O2/c37-31-33(27-17-7-9-19-29(27)35(31)23-25-13-3-1-4-14-25)21-11-12-22-34(33)28-18-8-10-20-30(28)36(32(34)38)24-26-15-5-2-6-16-26/h1-11,13-21H,12,22-24H2/t33-,34+/m0/s1. The maximum atomic E-state index is 14.8. The van der Waals surface area contributed by atoms with Gasteiger partial charge < -0.3 is 9.80 Å². The summed E-state index contributed by atoms with van der Waals surface area (Å²) in [7, 11) is 0. The zero-order valence-electron chi connectivity index (χ0n) is 21.1. The predicted molar refractivity (Wildman–Crippen MR) is 150 cm³/mol. The highest BCUT2D eigenvalue weighted by Gasteiger charge is 2.69. The van der Waals surface area contributed by atoms with Crippen molar-refractivity contribution in [1.29, 1.82) is 0 Å². The third-order valence-electron chi connectivity index (χ3n) is 8.56. The van der Waals surface area contributed by atoms with Crippen molar-refractivity contribution < 1.29 is 9.59 Å². The molecule has 3 aliphatic rings. The first kappa shape index (κ1) is 22.7. The van der Waals surface area contributed by atoms with E-state index in [0.29, 0.717) is 19.5 Å². The minimum absolute atomic E-state index is 0.0108. The van der Waals surface area contributed by atoms with Gasteiger partial charge in [0.25, 0.3) is 0 Å². The molecule has 4 aromatic rings. The number of para-hydroxylation sites is 2. The number of hydrogen-bond acceptors (Lipinski definition) is 2. The number of amides is 2.